The summed E-state index contributed by atoms with van der Waals surface area (Å²) >= 11 is 1.92. The molecule has 0 amide bonds. The molecule has 1 fully saturated rings. The maximum absolute atomic E-state index is 6.18. The van der Waals surface area contributed by atoms with Crippen molar-refractivity contribution in [3.63, 3.8) is 0 Å². The van der Waals surface area contributed by atoms with Gasteiger partial charge in [0.25, 0.3) is 0 Å². The van der Waals surface area contributed by atoms with Gasteiger partial charge in [-0.25, -0.2) is 0 Å². The van der Waals surface area contributed by atoms with E-state index in [1.165, 1.54) is 32.2 Å². The Labute approximate surface area is 126 Å². The van der Waals surface area contributed by atoms with Crippen molar-refractivity contribution in [2.75, 3.05) is 26.2 Å². The van der Waals surface area contributed by atoms with Crippen LogP contribution in [0.1, 0.15) is 36.6 Å². The van der Waals surface area contributed by atoms with Crippen LogP contribution in [0.15, 0.2) is 11.4 Å². The van der Waals surface area contributed by atoms with Crippen LogP contribution in [0.4, 0.5) is 0 Å². The molecule has 2 aliphatic heterocycles. The Morgan fingerprint density at radius 2 is 2.30 bits per heavy atom. The Morgan fingerprint density at radius 3 is 3.20 bits per heavy atom. The summed E-state index contributed by atoms with van der Waals surface area (Å²) in [5.74, 6) is 0. The zero-order chi connectivity index (χ0) is 13.8. The minimum Gasteiger partial charge on any atom is -0.372 e. The van der Waals surface area contributed by atoms with Gasteiger partial charge in [0.1, 0.15) is 0 Å². The second kappa shape index (κ2) is 7.03. The molecule has 3 heterocycles. The molecule has 1 aromatic heterocycles. The minimum absolute atomic E-state index is 0.438. The number of ether oxygens (including phenoxy) is 1. The molecule has 1 N–H and O–H groups in total. The van der Waals surface area contributed by atoms with E-state index in [-0.39, 0.29) is 0 Å². The first-order valence-electron chi connectivity index (χ1n) is 7.99. The molecule has 1 saturated heterocycles. The van der Waals surface area contributed by atoms with E-state index >= 15 is 0 Å². The second-order valence-electron chi connectivity index (χ2n) is 6.02. The molecule has 0 spiro atoms. The summed E-state index contributed by atoms with van der Waals surface area (Å²) in [7, 11) is 0. The first-order chi connectivity index (χ1) is 9.85. The number of hydrogen-bond acceptors (Lipinski definition) is 4. The number of rotatable bonds is 6. The molecule has 2 atom stereocenters. The van der Waals surface area contributed by atoms with E-state index in [4.69, 9.17) is 4.74 Å². The fourth-order valence-electron chi connectivity index (χ4n) is 3.26. The molecule has 3 nitrogen and oxygen atoms in total. The van der Waals surface area contributed by atoms with Gasteiger partial charge in [-0.15, -0.1) is 11.3 Å². The van der Waals surface area contributed by atoms with Crippen LogP contribution in [0.25, 0.3) is 0 Å². The lowest BCUT2D eigenvalue weighted by Crippen LogP contribution is -2.37. The lowest BCUT2D eigenvalue weighted by atomic mass is 10.1. The summed E-state index contributed by atoms with van der Waals surface area (Å²) in [6.45, 7) is 7.78. The van der Waals surface area contributed by atoms with E-state index in [0.29, 0.717) is 12.2 Å². The van der Waals surface area contributed by atoms with Crippen molar-refractivity contribution in [1.82, 2.24) is 10.2 Å². The molecule has 1 aromatic rings. The molecule has 0 saturated carbocycles. The molecule has 0 aliphatic carbocycles. The van der Waals surface area contributed by atoms with E-state index in [1.54, 1.807) is 10.4 Å². The zero-order valence-electron chi connectivity index (χ0n) is 12.4. The Bertz CT molecular complexity index is 420. The predicted octanol–water partition coefficient (Wildman–Crippen LogP) is 2.65. The predicted molar refractivity (Wildman–Crippen MR) is 84.4 cm³/mol. The van der Waals surface area contributed by atoms with E-state index < -0.39 is 0 Å². The van der Waals surface area contributed by atoms with Crippen molar-refractivity contribution in [2.45, 2.75) is 51.4 Å². The van der Waals surface area contributed by atoms with Crippen LogP contribution in [0.2, 0.25) is 0 Å². The third kappa shape index (κ3) is 3.61. The number of fused-ring (bicyclic) bond motifs is 1. The Morgan fingerprint density at radius 1 is 1.40 bits per heavy atom. The van der Waals surface area contributed by atoms with Gasteiger partial charge in [0, 0.05) is 31.1 Å². The molecular formula is C16H26N2OS. The average Bonchev–Trinajstić information content (AvgIpc) is 3.08. The average molecular weight is 294 g/mol. The van der Waals surface area contributed by atoms with Gasteiger partial charge >= 0.3 is 0 Å². The molecule has 0 aromatic carbocycles. The zero-order valence-corrected chi connectivity index (χ0v) is 13.3. The van der Waals surface area contributed by atoms with Gasteiger partial charge in [-0.3, -0.25) is 4.90 Å². The van der Waals surface area contributed by atoms with Crippen LogP contribution in [0, 0.1) is 0 Å². The Hall–Kier alpha value is -0.420. The fourth-order valence-corrected chi connectivity index (χ4v) is 4.14. The molecule has 2 unspecified atom stereocenters. The molecule has 2 aliphatic rings. The van der Waals surface area contributed by atoms with E-state index in [2.05, 4.69) is 28.6 Å². The maximum atomic E-state index is 6.18. The van der Waals surface area contributed by atoms with Crippen molar-refractivity contribution < 1.29 is 4.74 Å². The molecular weight excluding hydrogens is 268 g/mol. The topological polar surface area (TPSA) is 24.5 Å². The van der Waals surface area contributed by atoms with Gasteiger partial charge in [-0.05, 0) is 49.2 Å². The Kier molecular flexibility index (Phi) is 5.10. The highest BCUT2D eigenvalue weighted by Gasteiger charge is 2.27. The molecule has 0 radical (unpaired) electrons. The van der Waals surface area contributed by atoms with Crippen molar-refractivity contribution in [2.24, 2.45) is 0 Å². The van der Waals surface area contributed by atoms with E-state index in [0.717, 1.165) is 26.2 Å². The van der Waals surface area contributed by atoms with Crippen LogP contribution in [0.3, 0.4) is 0 Å². The number of nitrogens with one attached hydrogen (secondary N) is 1. The number of thiophene rings is 1. The van der Waals surface area contributed by atoms with Gasteiger partial charge in [0.05, 0.1) is 12.2 Å². The third-order valence-corrected chi connectivity index (χ3v) is 5.37. The second-order valence-corrected chi connectivity index (χ2v) is 7.02. The quantitative estimate of drug-likeness (QED) is 0.816. The van der Waals surface area contributed by atoms with Gasteiger partial charge in [0.15, 0.2) is 0 Å². The molecule has 3 rings (SSSR count). The number of nitrogens with zero attached hydrogens (tertiary/aromatic N) is 1. The monoisotopic (exact) mass is 294 g/mol. The fraction of sp³-hybridized carbons (Fsp3) is 0.750. The van der Waals surface area contributed by atoms with Crippen LogP contribution < -0.4 is 5.32 Å². The first-order valence-corrected chi connectivity index (χ1v) is 8.87. The van der Waals surface area contributed by atoms with E-state index in [9.17, 15) is 0 Å². The van der Waals surface area contributed by atoms with Gasteiger partial charge in [0.2, 0.25) is 0 Å². The van der Waals surface area contributed by atoms with Gasteiger partial charge in [-0.1, -0.05) is 6.92 Å². The van der Waals surface area contributed by atoms with Gasteiger partial charge in [-0.2, -0.15) is 0 Å². The normalized spacial score (nSPS) is 26.9. The van der Waals surface area contributed by atoms with Crippen molar-refractivity contribution in [3.8, 4) is 0 Å². The van der Waals surface area contributed by atoms with Crippen molar-refractivity contribution in [1.29, 1.82) is 0 Å². The lowest BCUT2D eigenvalue weighted by Gasteiger charge is -2.29. The largest absolute Gasteiger partial charge is 0.372 e. The van der Waals surface area contributed by atoms with Crippen LogP contribution in [-0.4, -0.2) is 43.3 Å². The summed E-state index contributed by atoms with van der Waals surface area (Å²) in [6, 6.07) is 2.29. The molecule has 4 heteroatoms. The minimum atomic E-state index is 0.438. The summed E-state index contributed by atoms with van der Waals surface area (Å²) in [5.41, 5.74) is 1.54. The highest BCUT2D eigenvalue weighted by Crippen LogP contribution is 2.26. The SMILES string of the molecule is CCCNCC1CCC(CN2CCc3sccc3C2)O1. The highest BCUT2D eigenvalue weighted by molar-refractivity contribution is 7.10. The Balaban J connectivity index is 1.41. The van der Waals surface area contributed by atoms with Crippen molar-refractivity contribution in [3.05, 3.63) is 21.9 Å². The summed E-state index contributed by atoms with van der Waals surface area (Å²) in [5, 5.41) is 5.71. The molecule has 112 valence electrons. The lowest BCUT2D eigenvalue weighted by molar-refractivity contribution is 0.0210. The number of hydrogen-bond donors (Lipinski definition) is 1. The molecule has 0 bridgehead atoms. The summed E-state index contributed by atoms with van der Waals surface area (Å²) < 4.78 is 6.18. The smallest absolute Gasteiger partial charge is 0.0707 e. The van der Waals surface area contributed by atoms with Crippen LogP contribution in [0.5, 0.6) is 0 Å². The third-order valence-electron chi connectivity index (χ3n) is 4.34. The van der Waals surface area contributed by atoms with E-state index in [1.807, 2.05) is 11.3 Å². The summed E-state index contributed by atoms with van der Waals surface area (Å²) in [6.07, 6.45) is 5.76. The van der Waals surface area contributed by atoms with Gasteiger partial charge < -0.3 is 10.1 Å². The molecule has 20 heavy (non-hydrogen) atoms. The van der Waals surface area contributed by atoms with Crippen LogP contribution >= 0.6 is 11.3 Å². The van der Waals surface area contributed by atoms with Crippen LogP contribution in [-0.2, 0) is 17.7 Å². The standard InChI is InChI=1S/C16H26N2OS/c1-2-7-17-10-14-3-4-15(19-14)12-18-8-5-16-13(11-18)6-9-20-16/h6,9,14-15,17H,2-5,7-8,10-12H2,1H3. The maximum Gasteiger partial charge on any atom is 0.0707 e. The highest BCUT2D eigenvalue weighted by atomic mass is 32.1. The summed E-state index contributed by atoms with van der Waals surface area (Å²) in [4.78, 5) is 4.16. The van der Waals surface area contributed by atoms with Crippen molar-refractivity contribution >= 4 is 11.3 Å². The first kappa shape index (κ1) is 14.5.